The van der Waals surface area contributed by atoms with Gasteiger partial charge in [0.25, 0.3) is 5.91 Å². The van der Waals surface area contributed by atoms with Crippen molar-refractivity contribution in [2.75, 3.05) is 0 Å². The maximum absolute atomic E-state index is 13.6. The molecule has 0 amide bonds. The van der Waals surface area contributed by atoms with Crippen molar-refractivity contribution in [2.24, 2.45) is 0 Å². The van der Waals surface area contributed by atoms with Gasteiger partial charge in [0.05, 0.1) is 6.10 Å². The smallest absolute Gasteiger partial charge is 0.336 e. The third-order valence-corrected chi connectivity index (χ3v) is 5.15. The Labute approximate surface area is 182 Å². The van der Waals surface area contributed by atoms with Crippen molar-refractivity contribution in [3.8, 4) is 17.4 Å². The van der Waals surface area contributed by atoms with Crippen molar-refractivity contribution in [1.82, 2.24) is 14.8 Å². The van der Waals surface area contributed by atoms with Crippen LogP contribution in [0.2, 0.25) is 0 Å². The van der Waals surface area contributed by atoms with Crippen molar-refractivity contribution in [1.29, 1.82) is 0 Å². The molecular weight excluding hydrogens is 386 g/mol. The molecule has 0 saturated heterocycles. The molecule has 0 spiro atoms. The maximum Gasteiger partial charge on any atom is 0.336 e. The van der Waals surface area contributed by atoms with E-state index < -0.39 is 0 Å². The van der Waals surface area contributed by atoms with Gasteiger partial charge in [0.15, 0.2) is 5.82 Å². The third-order valence-electron chi connectivity index (χ3n) is 5.15. The first kappa shape index (κ1) is 20.8. The van der Waals surface area contributed by atoms with E-state index in [0.717, 1.165) is 16.3 Å². The second kappa shape index (κ2) is 7.99. The average molecular weight is 414 g/mol. The fraction of sp³-hybridized carbons (Fsp3) is 0.269. The predicted octanol–water partition coefficient (Wildman–Crippen LogP) is 5.87. The number of nitrogens with zero attached hydrogens (tertiary/aromatic N) is 3. The molecule has 0 aliphatic carbocycles. The van der Waals surface area contributed by atoms with Crippen molar-refractivity contribution in [3.63, 3.8) is 0 Å². The molecule has 5 nitrogen and oxygen atoms in total. The molecule has 1 heterocycles. The standard InChI is InChI=1S/C26H27N3O2/c1-17(2)31-25-27-23(19-13-15-20(16-14-19)26(3,4)5)29(28-25)24(30)22-12-8-10-18-9-6-7-11-21(18)22/h6-17H,1-5H3. The van der Waals surface area contributed by atoms with Gasteiger partial charge in [-0.2, -0.15) is 9.67 Å². The summed E-state index contributed by atoms with van der Waals surface area (Å²) in [5, 5.41) is 6.30. The first-order valence-electron chi connectivity index (χ1n) is 10.5. The van der Waals surface area contributed by atoms with E-state index >= 15 is 0 Å². The van der Waals surface area contributed by atoms with Gasteiger partial charge in [-0.15, -0.1) is 5.10 Å². The molecule has 5 heteroatoms. The van der Waals surface area contributed by atoms with Crippen LogP contribution in [0.4, 0.5) is 0 Å². The van der Waals surface area contributed by atoms with E-state index in [1.54, 1.807) is 0 Å². The molecule has 0 atom stereocenters. The molecule has 0 fully saturated rings. The largest absolute Gasteiger partial charge is 0.460 e. The van der Waals surface area contributed by atoms with Crippen LogP contribution in [0.25, 0.3) is 22.2 Å². The lowest BCUT2D eigenvalue weighted by molar-refractivity contribution is 0.0945. The fourth-order valence-corrected chi connectivity index (χ4v) is 3.53. The second-order valence-corrected chi connectivity index (χ2v) is 8.96. The van der Waals surface area contributed by atoms with Crippen molar-refractivity contribution >= 4 is 16.7 Å². The van der Waals surface area contributed by atoms with E-state index in [4.69, 9.17) is 4.74 Å². The topological polar surface area (TPSA) is 57.0 Å². The monoisotopic (exact) mass is 413 g/mol. The number of benzene rings is 3. The zero-order valence-electron chi connectivity index (χ0n) is 18.6. The molecular formula is C26H27N3O2. The summed E-state index contributed by atoms with van der Waals surface area (Å²) in [7, 11) is 0. The summed E-state index contributed by atoms with van der Waals surface area (Å²) >= 11 is 0. The normalized spacial score (nSPS) is 11.8. The number of hydrogen-bond donors (Lipinski definition) is 0. The zero-order valence-corrected chi connectivity index (χ0v) is 18.6. The van der Waals surface area contributed by atoms with Gasteiger partial charge in [-0.05, 0) is 41.7 Å². The fourth-order valence-electron chi connectivity index (χ4n) is 3.53. The molecule has 4 aromatic rings. The molecule has 0 saturated carbocycles. The van der Waals surface area contributed by atoms with Crippen LogP contribution in [-0.4, -0.2) is 26.8 Å². The molecule has 0 N–H and O–H groups in total. The summed E-state index contributed by atoms with van der Waals surface area (Å²) < 4.78 is 7.07. The van der Waals surface area contributed by atoms with Crippen LogP contribution in [0.1, 0.15) is 50.5 Å². The molecule has 0 aliphatic heterocycles. The minimum Gasteiger partial charge on any atom is -0.460 e. The lowest BCUT2D eigenvalue weighted by Crippen LogP contribution is -2.16. The Kier molecular flexibility index (Phi) is 5.36. The molecule has 0 aliphatic rings. The van der Waals surface area contributed by atoms with Crippen LogP contribution in [-0.2, 0) is 5.41 Å². The Balaban J connectivity index is 1.83. The number of ether oxygens (including phenoxy) is 1. The minimum absolute atomic E-state index is 0.0386. The van der Waals surface area contributed by atoms with Crippen molar-refractivity contribution in [2.45, 2.75) is 46.1 Å². The van der Waals surface area contributed by atoms with E-state index in [0.29, 0.717) is 11.4 Å². The van der Waals surface area contributed by atoms with Gasteiger partial charge in [0, 0.05) is 11.1 Å². The average Bonchev–Trinajstić information content (AvgIpc) is 3.15. The summed E-state index contributed by atoms with van der Waals surface area (Å²) in [6, 6.07) is 21.8. The van der Waals surface area contributed by atoms with E-state index in [-0.39, 0.29) is 23.4 Å². The van der Waals surface area contributed by atoms with Crippen LogP contribution in [0, 0.1) is 0 Å². The Morgan fingerprint density at radius 3 is 2.29 bits per heavy atom. The Hall–Kier alpha value is -3.47. The Bertz CT molecular complexity index is 1230. The summed E-state index contributed by atoms with van der Waals surface area (Å²) in [5.41, 5.74) is 2.64. The molecule has 1 aromatic heterocycles. The number of rotatable bonds is 4. The Morgan fingerprint density at radius 1 is 0.935 bits per heavy atom. The molecule has 158 valence electrons. The van der Waals surface area contributed by atoms with E-state index in [9.17, 15) is 4.79 Å². The van der Waals surface area contributed by atoms with Crippen LogP contribution in [0.3, 0.4) is 0 Å². The molecule has 3 aromatic carbocycles. The predicted molar refractivity (Wildman–Crippen MR) is 124 cm³/mol. The highest BCUT2D eigenvalue weighted by Gasteiger charge is 2.22. The maximum atomic E-state index is 13.6. The highest BCUT2D eigenvalue weighted by atomic mass is 16.5. The van der Waals surface area contributed by atoms with Gasteiger partial charge in [-0.25, -0.2) is 0 Å². The minimum atomic E-state index is -0.238. The zero-order chi connectivity index (χ0) is 22.2. The number of carbonyl (C=O) groups excluding carboxylic acids is 1. The van der Waals surface area contributed by atoms with Crippen molar-refractivity contribution in [3.05, 3.63) is 77.9 Å². The summed E-state index contributed by atoms with van der Waals surface area (Å²) in [5.74, 6) is 0.229. The van der Waals surface area contributed by atoms with Crippen LogP contribution in [0.5, 0.6) is 6.01 Å². The number of fused-ring (bicyclic) bond motifs is 1. The van der Waals surface area contributed by atoms with E-state index in [1.807, 2.05) is 68.4 Å². The first-order valence-corrected chi connectivity index (χ1v) is 10.5. The summed E-state index contributed by atoms with van der Waals surface area (Å²) in [6.07, 6.45) is -0.0976. The van der Waals surface area contributed by atoms with Crippen LogP contribution in [0.15, 0.2) is 66.7 Å². The molecule has 4 rings (SSSR count). The quantitative estimate of drug-likeness (QED) is 0.420. The van der Waals surface area contributed by atoms with Crippen LogP contribution < -0.4 is 4.74 Å². The summed E-state index contributed by atoms with van der Waals surface area (Å²) in [6.45, 7) is 10.3. The summed E-state index contributed by atoms with van der Waals surface area (Å²) in [4.78, 5) is 18.1. The highest BCUT2D eigenvalue weighted by molar-refractivity contribution is 6.08. The lowest BCUT2D eigenvalue weighted by atomic mass is 9.87. The van der Waals surface area contributed by atoms with Gasteiger partial charge in [-0.3, -0.25) is 4.79 Å². The molecule has 0 radical (unpaired) electrons. The number of carbonyl (C=O) groups is 1. The molecule has 0 unspecified atom stereocenters. The van der Waals surface area contributed by atoms with Gasteiger partial charge < -0.3 is 4.74 Å². The second-order valence-electron chi connectivity index (χ2n) is 8.96. The molecule has 0 bridgehead atoms. The number of aromatic nitrogens is 3. The van der Waals surface area contributed by atoms with Gasteiger partial charge in [-0.1, -0.05) is 81.4 Å². The van der Waals surface area contributed by atoms with Gasteiger partial charge in [0.2, 0.25) is 0 Å². The lowest BCUT2D eigenvalue weighted by Gasteiger charge is -2.19. The third kappa shape index (κ3) is 4.22. The van der Waals surface area contributed by atoms with Gasteiger partial charge in [0.1, 0.15) is 0 Å². The Morgan fingerprint density at radius 2 is 1.61 bits per heavy atom. The van der Waals surface area contributed by atoms with E-state index in [1.165, 1.54) is 10.2 Å². The van der Waals surface area contributed by atoms with Crippen molar-refractivity contribution < 1.29 is 9.53 Å². The van der Waals surface area contributed by atoms with E-state index in [2.05, 4.69) is 43.0 Å². The molecule has 31 heavy (non-hydrogen) atoms. The van der Waals surface area contributed by atoms with Gasteiger partial charge >= 0.3 is 6.01 Å². The highest BCUT2D eigenvalue weighted by Crippen LogP contribution is 2.28. The SMILES string of the molecule is CC(C)Oc1nc(-c2ccc(C(C)(C)C)cc2)n(C(=O)c2cccc3ccccc23)n1. The number of hydrogen-bond acceptors (Lipinski definition) is 4. The van der Waals surface area contributed by atoms with Crippen LogP contribution >= 0.6 is 0 Å². The first-order chi connectivity index (χ1) is 14.7.